The first kappa shape index (κ1) is 15.7. The van der Waals surface area contributed by atoms with Gasteiger partial charge in [0.2, 0.25) is 5.95 Å². The molecule has 0 fully saturated rings. The molecule has 0 aliphatic heterocycles. The number of nitrogens with two attached hydrogens (primary N) is 1. The highest BCUT2D eigenvalue weighted by atomic mass is 35.5. The first-order valence-corrected chi connectivity index (χ1v) is 7.28. The molecule has 2 aromatic rings. The Morgan fingerprint density at radius 2 is 1.95 bits per heavy atom. The van der Waals surface area contributed by atoms with Gasteiger partial charge >= 0.3 is 0 Å². The van der Waals surface area contributed by atoms with Gasteiger partial charge in [0.1, 0.15) is 5.15 Å². The minimum absolute atomic E-state index is 0.165. The molecule has 2 N–H and O–H groups in total. The van der Waals surface area contributed by atoms with Gasteiger partial charge in [-0.2, -0.15) is 0 Å². The zero-order chi connectivity index (χ0) is 15.6. The molecule has 0 atom stereocenters. The van der Waals surface area contributed by atoms with Crippen molar-refractivity contribution in [3.05, 3.63) is 40.0 Å². The van der Waals surface area contributed by atoms with E-state index in [0.717, 1.165) is 27.9 Å². The summed E-state index contributed by atoms with van der Waals surface area (Å²) in [5, 5.41) is 0.386. The van der Waals surface area contributed by atoms with Crippen LogP contribution in [0.1, 0.15) is 30.5 Å². The van der Waals surface area contributed by atoms with Crippen molar-refractivity contribution in [2.24, 2.45) is 0 Å². The third kappa shape index (κ3) is 3.52. The van der Waals surface area contributed by atoms with E-state index < -0.39 is 0 Å². The first-order chi connectivity index (χ1) is 9.90. The second kappa shape index (κ2) is 6.41. The summed E-state index contributed by atoms with van der Waals surface area (Å²) in [5.74, 6) is 0.180. The molecule has 5 heteroatoms. The highest BCUT2D eigenvalue weighted by Crippen LogP contribution is 2.32. The lowest BCUT2D eigenvalue weighted by Crippen LogP contribution is -2.06. The van der Waals surface area contributed by atoms with Gasteiger partial charge in [0.25, 0.3) is 0 Å². The molecule has 112 valence electrons. The van der Waals surface area contributed by atoms with Gasteiger partial charge < -0.3 is 10.5 Å². The Hall–Kier alpha value is -1.65. The highest BCUT2D eigenvalue weighted by Gasteiger charge is 2.16. The van der Waals surface area contributed by atoms with Gasteiger partial charge in [0, 0.05) is 11.1 Å². The van der Waals surface area contributed by atoms with Crippen LogP contribution in [0, 0.1) is 13.8 Å². The number of hydrogen-bond acceptors (Lipinski definition) is 4. The van der Waals surface area contributed by atoms with Gasteiger partial charge in [-0.3, -0.25) is 0 Å². The van der Waals surface area contributed by atoms with Crippen molar-refractivity contribution in [1.82, 2.24) is 9.97 Å². The normalized spacial score (nSPS) is 11.1. The SMILES string of the molecule is Cc1cccc(COC(C)C)c1-c1nc(N)nc(Cl)c1C. The third-order valence-corrected chi connectivity index (χ3v) is 3.64. The molecule has 1 aromatic heterocycles. The average molecular weight is 306 g/mol. The topological polar surface area (TPSA) is 61.0 Å². The van der Waals surface area contributed by atoms with E-state index in [1.807, 2.05) is 45.9 Å². The molecule has 0 aliphatic carbocycles. The predicted molar refractivity (Wildman–Crippen MR) is 86.3 cm³/mol. The van der Waals surface area contributed by atoms with Crippen molar-refractivity contribution in [1.29, 1.82) is 0 Å². The van der Waals surface area contributed by atoms with E-state index in [-0.39, 0.29) is 12.1 Å². The number of nitrogen functional groups attached to an aromatic ring is 1. The number of ether oxygens (including phenoxy) is 1. The predicted octanol–water partition coefficient (Wildman–Crippen LogP) is 3.92. The minimum Gasteiger partial charge on any atom is -0.374 e. The monoisotopic (exact) mass is 305 g/mol. The number of anilines is 1. The van der Waals surface area contributed by atoms with E-state index in [1.165, 1.54) is 0 Å². The maximum Gasteiger partial charge on any atom is 0.222 e. The second-order valence-electron chi connectivity index (χ2n) is 5.32. The van der Waals surface area contributed by atoms with E-state index in [2.05, 4.69) is 9.97 Å². The average Bonchev–Trinajstić information content (AvgIpc) is 2.41. The van der Waals surface area contributed by atoms with Crippen LogP contribution in [0.2, 0.25) is 5.15 Å². The molecule has 2 rings (SSSR count). The van der Waals surface area contributed by atoms with Crippen molar-refractivity contribution in [2.45, 2.75) is 40.4 Å². The van der Waals surface area contributed by atoms with Crippen LogP contribution < -0.4 is 5.73 Å². The molecule has 0 radical (unpaired) electrons. The Morgan fingerprint density at radius 3 is 2.62 bits per heavy atom. The molecule has 0 aliphatic rings. The molecular formula is C16H20ClN3O. The fraction of sp³-hybridized carbons (Fsp3) is 0.375. The van der Waals surface area contributed by atoms with Gasteiger partial charge in [-0.05, 0) is 38.8 Å². The molecule has 1 heterocycles. The van der Waals surface area contributed by atoms with Gasteiger partial charge in [-0.25, -0.2) is 9.97 Å². The zero-order valence-corrected chi connectivity index (χ0v) is 13.5. The Balaban J connectivity index is 2.57. The van der Waals surface area contributed by atoms with Crippen molar-refractivity contribution < 1.29 is 4.74 Å². The third-order valence-electron chi connectivity index (χ3n) is 3.27. The zero-order valence-electron chi connectivity index (χ0n) is 12.8. The second-order valence-corrected chi connectivity index (χ2v) is 5.67. The van der Waals surface area contributed by atoms with E-state index >= 15 is 0 Å². The molecule has 0 unspecified atom stereocenters. The quantitative estimate of drug-likeness (QED) is 0.870. The van der Waals surface area contributed by atoms with Crippen molar-refractivity contribution >= 4 is 17.5 Å². The van der Waals surface area contributed by atoms with E-state index in [0.29, 0.717) is 11.8 Å². The summed E-state index contributed by atoms with van der Waals surface area (Å²) >= 11 is 6.14. The standard InChI is InChI=1S/C16H20ClN3O/c1-9(2)21-8-12-7-5-6-10(3)13(12)14-11(4)15(17)20-16(18)19-14/h5-7,9H,8H2,1-4H3,(H2,18,19,20). The summed E-state index contributed by atoms with van der Waals surface area (Å²) in [6, 6.07) is 6.09. The molecule has 0 saturated heterocycles. The maximum absolute atomic E-state index is 6.14. The van der Waals surface area contributed by atoms with Crippen LogP contribution in [0.4, 0.5) is 5.95 Å². The van der Waals surface area contributed by atoms with Gasteiger partial charge in [-0.15, -0.1) is 0 Å². The van der Waals surface area contributed by atoms with Crippen molar-refractivity contribution in [3.63, 3.8) is 0 Å². The van der Waals surface area contributed by atoms with Crippen LogP contribution in [0.3, 0.4) is 0 Å². The number of rotatable bonds is 4. The lowest BCUT2D eigenvalue weighted by atomic mass is 9.97. The summed E-state index contributed by atoms with van der Waals surface area (Å²) < 4.78 is 5.74. The molecule has 0 saturated carbocycles. The van der Waals surface area contributed by atoms with Crippen LogP contribution in [0.25, 0.3) is 11.3 Å². The molecule has 0 bridgehead atoms. The smallest absolute Gasteiger partial charge is 0.222 e. The van der Waals surface area contributed by atoms with Gasteiger partial charge in [0.05, 0.1) is 18.4 Å². The van der Waals surface area contributed by atoms with E-state index in [4.69, 9.17) is 22.1 Å². The van der Waals surface area contributed by atoms with E-state index in [9.17, 15) is 0 Å². The summed E-state index contributed by atoms with van der Waals surface area (Å²) in [6.45, 7) is 8.49. The summed E-state index contributed by atoms with van der Waals surface area (Å²) in [6.07, 6.45) is 0.165. The van der Waals surface area contributed by atoms with E-state index in [1.54, 1.807) is 0 Å². The van der Waals surface area contributed by atoms with Crippen molar-refractivity contribution in [2.75, 3.05) is 5.73 Å². The molecule has 21 heavy (non-hydrogen) atoms. The molecule has 0 amide bonds. The van der Waals surface area contributed by atoms with Gasteiger partial charge in [0.15, 0.2) is 0 Å². The van der Waals surface area contributed by atoms with Crippen LogP contribution in [0.5, 0.6) is 0 Å². The largest absolute Gasteiger partial charge is 0.374 e. The number of aryl methyl sites for hydroxylation is 1. The van der Waals surface area contributed by atoms with Crippen LogP contribution in [-0.4, -0.2) is 16.1 Å². The molecular weight excluding hydrogens is 286 g/mol. The molecule has 4 nitrogen and oxygen atoms in total. The Kier molecular flexibility index (Phi) is 4.80. The van der Waals surface area contributed by atoms with Crippen LogP contribution in [-0.2, 0) is 11.3 Å². The molecule has 0 spiro atoms. The van der Waals surface area contributed by atoms with Gasteiger partial charge in [-0.1, -0.05) is 29.8 Å². The van der Waals surface area contributed by atoms with Crippen LogP contribution in [0.15, 0.2) is 18.2 Å². The first-order valence-electron chi connectivity index (χ1n) is 6.90. The fourth-order valence-electron chi connectivity index (χ4n) is 2.19. The highest BCUT2D eigenvalue weighted by molar-refractivity contribution is 6.30. The Bertz CT molecular complexity index is 656. The fourth-order valence-corrected chi connectivity index (χ4v) is 2.37. The lowest BCUT2D eigenvalue weighted by molar-refractivity contribution is 0.0659. The Morgan fingerprint density at radius 1 is 1.24 bits per heavy atom. The molecule has 1 aromatic carbocycles. The number of hydrogen-bond donors (Lipinski definition) is 1. The maximum atomic E-state index is 6.14. The number of aromatic nitrogens is 2. The summed E-state index contributed by atoms with van der Waals surface area (Å²) in [7, 11) is 0. The van der Waals surface area contributed by atoms with Crippen molar-refractivity contribution in [3.8, 4) is 11.3 Å². The number of nitrogens with zero attached hydrogens (tertiary/aromatic N) is 2. The summed E-state index contributed by atoms with van der Waals surface area (Å²) in [4.78, 5) is 8.37. The number of halogens is 1. The minimum atomic E-state index is 0.165. The Labute approximate surface area is 130 Å². The van der Waals surface area contributed by atoms with Crippen LogP contribution >= 0.6 is 11.6 Å². The number of benzene rings is 1. The summed E-state index contributed by atoms with van der Waals surface area (Å²) in [5.41, 5.74) is 10.5. The lowest BCUT2D eigenvalue weighted by Gasteiger charge is -2.16.